The predicted octanol–water partition coefficient (Wildman–Crippen LogP) is 2.66. The number of piperidine rings is 1. The first kappa shape index (κ1) is 17.5. The first-order valence-corrected chi connectivity index (χ1v) is 9.61. The van der Waals surface area contributed by atoms with Crippen LogP contribution in [0, 0.1) is 5.92 Å². The Balaban J connectivity index is 1.27. The number of aromatic nitrogens is 3. The Kier molecular flexibility index (Phi) is 5.22. The first-order valence-electron chi connectivity index (χ1n) is 9.61. The molecule has 140 valence electrons. The largest absolute Gasteiger partial charge is 0.478 e. The maximum absolute atomic E-state index is 6.29. The van der Waals surface area contributed by atoms with Crippen molar-refractivity contribution in [3.05, 3.63) is 42.4 Å². The SMILES string of the molecule is Cn1cc(CN2CCC3(CC2)OCC[C@H]3CCOc2ccccn2)cn1. The second-order valence-electron chi connectivity index (χ2n) is 7.50. The van der Waals surface area contributed by atoms with Crippen LogP contribution >= 0.6 is 0 Å². The van der Waals surface area contributed by atoms with Gasteiger partial charge < -0.3 is 9.47 Å². The molecule has 2 fully saturated rings. The van der Waals surface area contributed by atoms with Gasteiger partial charge in [-0.3, -0.25) is 9.58 Å². The van der Waals surface area contributed by atoms with Crippen molar-refractivity contribution in [3.8, 4) is 5.88 Å². The van der Waals surface area contributed by atoms with Gasteiger partial charge in [-0.15, -0.1) is 0 Å². The van der Waals surface area contributed by atoms with Crippen molar-refractivity contribution in [2.45, 2.75) is 37.8 Å². The molecule has 2 aromatic rings. The molecule has 0 amide bonds. The summed E-state index contributed by atoms with van der Waals surface area (Å²) in [6, 6.07) is 5.78. The van der Waals surface area contributed by atoms with Gasteiger partial charge in [-0.2, -0.15) is 5.10 Å². The van der Waals surface area contributed by atoms with Crippen molar-refractivity contribution in [1.82, 2.24) is 19.7 Å². The molecule has 0 N–H and O–H groups in total. The molecule has 6 heteroatoms. The predicted molar refractivity (Wildman–Crippen MR) is 98.9 cm³/mol. The fourth-order valence-electron chi connectivity index (χ4n) is 4.38. The van der Waals surface area contributed by atoms with E-state index in [-0.39, 0.29) is 5.60 Å². The number of pyridine rings is 1. The molecule has 1 spiro atoms. The van der Waals surface area contributed by atoms with Gasteiger partial charge in [0.25, 0.3) is 0 Å². The van der Waals surface area contributed by atoms with Crippen LogP contribution in [-0.2, 0) is 18.3 Å². The number of nitrogens with zero attached hydrogens (tertiary/aromatic N) is 4. The van der Waals surface area contributed by atoms with Crippen LogP contribution in [0.4, 0.5) is 0 Å². The average molecular weight is 356 g/mol. The molecule has 0 aliphatic carbocycles. The minimum atomic E-state index is 0.0545. The molecule has 4 heterocycles. The minimum absolute atomic E-state index is 0.0545. The summed E-state index contributed by atoms with van der Waals surface area (Å²) in [7, 11) is 1.97. The van der Waals surface area contributed by atoms with Gasteiger partial charge in [0.2, 0.25) is 5.88 Å². The van der Waals surface area contributed by atoms with E-state index in [2.05, 4.69) is 21.2 Å². The van der Waals surface area contributed by atoms with E-state index in [4.69, 9.17) is 9.47 Å². The minimum Gasteiger partial charge on any atom is -0.478 e. The number of rotatable bonds is 6. The quantitative estimate of drug-likeness (QED) is 0.796. The summed E-state index contributed by atoms with van der Waals surface area (Å²) >= 11 is 0. The molecule has 4 rings (SSSR count). The number of ether oxygens (including phenoxy) is 2. The molecular formula is C20H28N4O2. The Hall–Kier alpha value is -1.92. The van der Waals surface area contributed by atoms with Crippen LogP contribution in [0.2, 0.25) is 0 Å². The van der Waals surface area contributed by atoms with Crippen molar-refractivity contribution in [2.75, 3.05) is 26.3 Å². The van der Waals surface area contributed by atoms with E-state index in [0.717, 1.165) is 51.9 Å². The van der Waals surface area contributed by atoms with Crippen molar-refractivity contribution in [3.63, 3.8) is 0 Å². The highest BCUT2D eigenvalue weighted by Gasteiger charge is 2.45. The summed E-state index contributed by atoms with van der Waals surface area (Å²) in [5.41, 5.74) is 1.34. The molecule has 2 aliphatic heterocycles. The van der Waals surface area contributed by atoms with Gasteiger partial charge in [-0.1, -0.05) is 6.07 Å². The molecule has 2 aliphatic rings. The Morgan fingerprint density at radius 1 is 1.31 bits per heavy atom. The van der Waals surface area contributed by atoms with Crippen LogP contribution in [0.25, 0.3) is 0 Å². The molecule has 0 bridgehead atoms. The third kappa shape index (κ3) is 3.91. The molecule has 1 atom stereocenters. The lowest BCUT2D eigenvalue weighted by molar-refractivity contribution is -0.0709. The fourth-order valence-corrected chi connectivity index (χ4v) is 4.38. The lowest BCUT2D eigenvalue weighted by atomic mass is 9.78. The van der Waals surface area contributed by atoms with E-state index in [1.807, 2.05) is 36.1 Å². The zero-order valence-corrected chi connectivity index (χ0v) is 15.5. The highest BCUT2D eigenvalue weighted by Crippen LogP contribution is 2.42. The number of hydrogen-bond donors (Lipinski definition) is 0. The molecule has 0 aromatic carbocycles. The highest BCUT2D eigenvalue weighted by atomic mass is 16.5. The van der Waals surface area contributed by atoms with Crippen LogP contribution < -0.4 is 4.74 Å². The van der Waals surface area contributed by atoms with E-state index in [9.17, 15) is 0 Å². The Morgan fingerprint density at radius 3 is 2.92 bits per heavy atom. The number of hydrogen-bond acceptors (Lipinski definition) is 5. The van der Waals surface area contributed by atoms with E-state index < -0.39 is 0 Å². The van der Waals surface area contributed by atoms with Crippen LogP contribution in [0.15, 0.2) is 36.8 Å². The van der Waals surface area contributed by atoms with Gasteiger partial charge in [0.1, 0.15) is 0 Å². The first-order chi connectivity index (χ1) is 12.7. The monoisotopic (exact) mass is 356 g/mol. The summed E-state index contributed by atoms with van der Waals surface area (Å²) in [6.45, 7) is 4.76. The second kappa shape index (κ2) is 7.76. The van der Waals surface area contributed by atoms with Crippen LogP contribution in [0.1, 0.15) is 31.2 Å². The summed E-state index contributed by atoms with van der Waals surface area (Å²) < 4.78 is 14.0. The van der Waals surface area contributed by atoms with Gasteiger partial charge >= 0.3 is 0 Å². The van der Waals surface area contributed by atoms with E-state index in [0.29, 0.717) is 18.4 Å². The van der Waals surface area contributed by atoms with Gasteiger partial charge in [0.05, 0.1) is 18.4 Å². The van der Waals surface area contributed by atoms with Crippen molar-refractivity contribution >= 4 is 0 Å². The molecule has 2 aromatic heterocycles. The van der Waals surface area contributed by atoms with Gasteiger partial charge in [0, 0.05) is 57.3 Å². The van der Waals surface area contributed by atoms with Gasteiger partial charge in [0.15, 0.2) is 0 Å². The third-order valence-corrected chi connectivity index (χ3v) is 5.82. The highest BCUT2D eigenvalue weighted by molar-refractivity contribution is 5.09. The normalized spacial score (nSPS) is 22.7. The maximum atomic E-state index is 6.29. The molecule has 26 heavy (non-hydrogen) atoms. The zero-order valence-electron chi connectivity index (χ0n) is 15.5. The topological polar surface area (TPSA) is 52.4 Å². The summed E-state index contributed by atoms with van der Waals surface area (Å²) in [4.78, 5) is 6.75. The lowest BCUT2D eigenvalue weighted by Gasteiger charge is -2.42. The van der Waals surface area contributed by atoms with E-state index in [1.54, 1.807) is 6.20 Å². The summed E-state index contributed by atoms with van der Waals surface area (Å²) in [6.07, 6.45) is 10.3. The second-order valence-corrected chi connectivity index (χ2v) is 7.50. The van der Waals surface area contributed by atoms with E-state index in [1.165, 1.54) is 5.56 Å². The molecular weight excluding hydrogens is 328 g/mol. The summed E-state index contributed by atoms with van der Waals surface area (Å²) in [5, 5.41) is 4.27. The van der Waals surface area contributed by atoms with Gasteiger partial charge in [-0.05, 0) is 37.7 Å². The number of likely N-dealkylation sites (tertiary alicyclic amines) is 1. The fraction of sp³-hybridized carbons (Fsp3) is 0.600. The van der Waals surface area contributed by atoms with Crippen LogP contribution in [0.5, 0.6) is 5.88 Å². The lowest BCUT2D eigenvalue weighted by Crippen LogP contribution is -2.47. The van der Waals surface area contributed by atoms with E-state index >= 15 is 0 Å². The van der Waals surface area contributed by atoms with Crippen LogP contribution in [0.3, 0.4) is 0 Å². The average Bonchev–Trinajstić information content (AvgIpc) is 3.25. The van der Waals surface area contributed by atoms with Crippen molar-refractivity contribution in [1.29, 1.82) is 0 Å². The summed E-state index contributed by atoms with van der Waals surface area (Å²) in [5.74, 6) is 1.30. The zero-order chi connectivity index (χ0) is 17.8. The van der Waals surface area contributed by atoms with Crippen molar-refractivity contribution in [2.24, 2.45) is 13.0 Å². The Morgan fingerprint density at radius 2 is 2.19 bits per heavy atom. The Bertz CT molecular complexity index is 695. The molecule has 0 radical (unpaired) electrons. The van der Waals surface area contributed by atoms with Crippen molar-refractivity contribution < 1.29 is 9.47 Å². The standard InChI is InChI=1S/C20H28N4O2/c1-23-15-17(14-22-23)16-24-10-7-20(8-11-24)18(6-13-26-20)5-12-25-19-4-2-3-9-21-19/h2-4,9,14-15,18H,5-8,10-13,16H2,1H3/t18-/m1/s1. The van der Waals surface area contributed by atoms with Gasteiger partial charge in [-0.25, -0.2) is 4.98 Å². The molecule has 0 unspecified atom stereocenters. The maximum Gasteiger partial charge on any atom is 0.213 e. The smallest absolute Gasteiger partial charge is 0.213 e. The molecule has 2 saturated heterocycles. The Labute approximate surface area is 155 Å². The molecule has 6 nitrogen and oxygen atoms in total. The third-order valence-electron chi connectivity index (χ3n) is 5.82. The molecule has 0 saturated carbocycles. The van der Waals surface area contributed by atoms with Crippen LogP contribution in [-0.4, -0.2) is 51.6 Å². The number of aryl methyl sites for hydroxylation is 1.